The van der Waals surface area contributed by atoms with Crippen LogP contribution >= 0.6 is 0 Å². The molecule has 1 heterocycles. The highest BCUT2D eigenvalue weighted by molar-refractivity contribution is 7.84. The van der Waals surface area contributed by atoms with E-state index in [0.29, 0.717) is 30.7 Å². The molecule has 0 aliphatic heterocycles. The molecule has 0 aliphatic carbocycles. The van der Waals surface area contributed by atoms with Gasteiger partial charge in [0.15, 0.2) is 0 Å². The molecular formula is C11H19N3O2S. The minimum Gasteiger partial charge on any atom is -0.478 e. The minimum atomic E-state index is -0.804. The van der Waals surface area contributed by atoms with Crippen molar-refractivity contribution in [2.24, 2.45) is 0 Å². The van der Waals surface area contributed by atoms with Crippen LogP contribution < -0.4 is 10.1 Å². The van der Waals surface area contributed by atoms with Crippen LogP contribution in [0.3, 0.4) is 0 Å². The molecule has 96 valence electrons. The Bertz CT molecular complexity index is 385. The van der Waals surface area contributed by atoms with Crippen LogP contribution in [0.1, 0.15) is 19.0 Å². The fraction of sp³-hybridized carbons (Fsp3) is 0.636. The lowest BCUT2D eigenvalue weighted by Crippen LogP contribution is -2.12. The number of hydrogen-bond donors (Lipinski definition) is 1. The van der Waals surface area contributed by atoms with E-state index in [2.05, 4.69) is 15.3 Å². The van der Waals surface area contributed by atoms with Gasteiger partial charge >= 0.3 is 0 Å². The molecule has 1 unspecified atom stereocenters. The number of nitrogens with zero attached hydrogens (tertiary/aromatic N) is 2. The molecule has 5 nitrogen and oxygen atoms in total. The molecule has 0 spiro atoms. The van der Waals surface area contributed by atoms with Crippen molar-refractivity contribution in [3.8, 4) is 5.88 Å². The average Bonchev–Trinajstić information content (AvgIpc) is 2.25. The molecule has 0 saturated heterocycles. The number of anilines is 1. The van der Waals surface area contributed by atoms with Gasteiger partial charge in [0.2, 0.25) is 11.8 Å². The van der Waals surface area contributed by atoms with Gasteiger partial charge in [-0.3, -0.25) is 4.21 Å². The van der Waals surface area contributed by atoms with Crippen molar-refractivity contribution in [3.63, 3.8) is 0 Å². The number of aryl methyl sites for hydroxylation is 1. The molecule has 0 radical (unpaired) electrons. The molecule has 1 rings (SSSR count). The molecule has 1 aromatic heterocycles. The summed E-state index contributed by atoms with van der Waals surface area (Å²) in [5, 5.41) is 3.04. The quantitative estimate of drug-likeness (QED) is 0.799. The number of aromatic nitrogens is 2. The monoisotopic (exact) mass is 257 g/mol. The lowest BCUT2D eigenvalue weighted by Gasteiger charge is -2.08. The molecule has 1 N–H and O–H groups in total. The fourth-order valence-corrected chi connectivity index (χ4v) is 1.60. The average molecular weight is 257 g/mol. The van der Waals surface area contributed by atoms with Crippen LogP contribution in [0.15, 0.2) is 6.07 Å². The van der Waals surface area contributed by atoms with Gasteiger partial charge < -0.3 is 10.1 Å². The van der Waals surface area contributed by atoms with Gasteiger partial charge in [-0.15, -0.1) is 0 Å². The molecule has 0 fully saturated rings. The van der Waals surface area contributed by atoms with Crippen molar-refractivity contribution in [2.45, 2.75) is 20.3 Å². The minimum absolute atomic E-state index is 0.529. The van der Waals surface area contributed by atoms with Crippen molar-refractivity contribution < 1.29 is 8.95 Å². The van der Waals surface area contributed by atoms with E-state index in [1.807, 2.05) is 13.8 Å². The summed E-state index contributed by atoms with van der Waals surface area (Å²) in [6.07, 6.45) is 2.62. The third kappa shape index (κ3) is 5.63. The topological polar surface area (TPSA) is 64.1 Å². The molecule has 0 aromatic carbocycles. The van der Waals surface area contributed by atoms with Crippen molar-refractivity contribution >= 4 is 16.7 Å². The summed E-state index contributed by atoms with van der Waals surface area (Å²) < 4.78 is 16.4. The fourth-order valence-electron chi connectivity index (χ4n) is 1.21. The van der Waals surface area contributed by atoms with Crippen molar-refractivity contribution in [1.82, 2.24) is 9.97 Å². The predicted octanol–water partition coefficient (Wildman–Crippen LogP) is 1.36. The highest BCUT2D eigenvalue weighted by atomic mass is 32.2. The first-order chi connectivity index (χ1) is 8.11. The van der Waals surface area contributed by atoms with Gasteiger partial charge in [0.05, 0.1) is 6.61 Å². The first-order valence-corrected chi connectivity index (χ1v) is 7.37. The van der Waals surface area contributed by atoms with Gasteiger partial charge in [0.25, 0.3) is 0 Å². The highest BCUT2D eigenvalue weighted by Crippen LogP contribution is 2.11. The molecule has 1 aromatic rings. The molecule has 0 bridgehead atoms. The summed E-state index contributed by atoms with van der Waals surface area (Å²) in [4.78, 5) is 8.46. The van der Waals surface area contributed by atoms with Crippen molar-refractivity contribution in [2.75, 3.05) is 30.5 Å². The van der Waals surface area contributed by atoms with Gasteiger partial charge in [0, 0.05) is 41.1 Å². The van der Waals surface area contributed by atoms with Crippen LogP contribution in [0.25, 0.3) is 0 Å². The molecule has 17 heavy (non-hydrogen) atoms. The van der Waals surface area contributed by atoms with Gasteiger partial charge in [0.1, 0.15) is 0 Å². The first kappa shape index (κ1) is 13.9. The summed E-state index contributed by atoms with van der Waals surface area (Å²) >= 11 is 0. The number of nitrogens with one attached hydrogen (secondary N) is 1. The van der Waals surface area contributed by atoms with E-state index in [-0.39, 0.29) is 0 Å². The second-order valence-electron chi connectivity index (χ2n) is 3.72. The summed E-state index contributed by atoms with van der Waals surface area (Å²) in [5.74, 6) is 1.70. The van der Waals surface area contributed by atoms with Gasteiger partial charge in [-0.1, -0.05) is 6.92 Å². The highest BCUT2D eigenvalue weighted by Gasteiger charge is 2.02. The standard InChI is InChI=1S/C11H19N3O2S/c1-4-6-16-10-8-9(2)13-11(14-10)12-5-7-17(3)15/h8H,4-7H2,1-3H3,(H,12,13,14). The van der Waals surface area contributed by atoms with E-state index in [9.17, 15) is 4.21 Å². The number of rotatable bonds is 7. The zero-order valence-electron chi connectivity index (χ0n) is 10.5. The number of ether oxygens (including phenoxy) is 1. The molecule has 1 atom stereocenters. The molecule has 0 aliphatic rings. The lowest BCUT2D eigenvalue weighted by atomic mass is 10.4. The Labute approximate surface area is 104 Å². The van der Waals surface area contributed by atoms with Crippen molar-refractivity contribution in [1.29, 1.82) is 0 Å². The number of hydrogen-bond acceptors (Lipinski definition) is 5. The normalized spacial score (nSPS) is 12.2. The third-order valence-corrected chi connectivity index (χ3v) is 2.74. The maximum absolute atomic E-state index is 10.9. The Morgan fingerprint density at radius 3 is 2.88 bits per heavy atom. The van der Waals surface area contributed by atoms with Crippen LogP contribution in [-0.2, 0) is 10.8 Å². The Kier molecular flexibility index (Phi) is 5.90. The van der Waals surface area contributed by atoms with E-state index < -0.39 is 10.8 Å². The van der Waals surface area contributed by atoms with Crippen LogP contribution in [0.4, 0.5) is 5.95 Å². The van der Waals surface area contributed by atoms with E-state index in [1.165, 1.54) is 0 Å². The van der Waals surface area contributed by atoms with Gasteiger partial charge in [-0.25, -0.2) is 4.98 Å². The Hall–Kier alpha value is -1.17. The summed E-state index contributed by atoms with van der Waals surface area (Å²) in [5.41, 5.74) is 0.853. The summed E-state index contributed by atoms with van der Waals surface area (Å²) in [7, 11) is -0.804. The van der Waals surface area contributed by atoms with Crippen LogP contribution in [0.2, 0.25) is 0 Å². The van der Waals surface area contributed by atoms with E-state index in [4.69, 9.17) is 4.74 Å². The smallest absolute Gasteiger partial charge is 0.226 e. The second kappa shape index (κ2) is 7.21. The Morgan fingerprint density at radius 1 is 1.47 bits per heavy atom. The molecule has 0 amide bonds. The molecule has 0 saturated carbocycles. The van der Waals surface area contributed by atoms with Crippen molar-refractivity contribution in [3.05, 3.63) is 11.8 Å². The van der Waals surface area contributed by atoms with Gasteiger partial charge in [-0.2, -0.15) is 4.98 Å². The van der Waals surface area contributed by atoms with Crippen LogP contribution in [0, 0.1) is 6.92 Å². The molecule has 6 heteroatoms. The largest absolute Gasteiger partial charge is 0.478 e. The van der Waals surface area contributed by atoms with Gasteiger partial charge in [-0.05, 0) is 13.3 Å². The maximum atomic E-state index is 10.9. The second-order valence-corrected chi connectivity index (χ2v) is 5.28. The SMILES string of the molecule is CCCOc1cc(C)nc(NCCS(C)=O)n1. The predicted molar refractivity (Wildman–Crippen MR) is 70.0 cm³/mol. The van der Waals surface area contributed by atoms with E-state index in [1.54, 1.807) is 12.3 Å². The zero-order chi connectivity index (χ0) is 12.7. The van der Waals surface area contributed by atoms with E-state index in [0.717, 1.165) is 12.1 Å². The third-order valence-electron chi connectivity index (χ3n) is 1.96. The van der Waals surface area contributed by atoms with E-state index >= 15 is 0 Å². The summed E-state index contributed by atoms with van der Waals surface area (Å²) in [6, 6.07) is 1.80. The first-order valence-electron chi connectivity index (χ1n) is 5.64. The Balaban J connectivity index is 2.58. The lowest BCUT2D eigenvalue weighted by molar-refractivity contribution is 0.305. The maximum Gasteiger partial charge on any atom is 0.226 e. The zero-order valence-corrected chi connectivity index (χ0v) is 11.3. The molecular weight excluding hydrogens is 238 g/mol. The van der Waals surface area contributed by atoms with Crippen LogP contribution in [0.5, 0.6) is 5.88 Å². The van der Waals surface area contributed by atoms with Crippen LogP contribution in [-0.4, -0.2) is 39.3 Å². The Morgan fingerprint density at radius 2 is 2.24 bits per heavy atom. The summed E-state index contributed by atoms with van der Waals surface area (Å²) in [6.45, 7) is 5.18.